The Balaban J connectivity index is 1.42. The van der Waals surface area contributed by atoms with Gasteiger partial charge >= 0.3 is 5.69 Å². The number of fused-ring (bicyclic) bond motifs is 2. The van der Waals surface area contributed by atoms with Crippen LogP contribution in [0.5, 0.6) is 5.75 Å². The van der Waals surface area contributed by atoms with Crippen LogP contribution >= 0.6 is 27.5 Å². The highest BCUT2D eigenvalue weighted by Crippen LogP contribution is 2.34. The molecule has 0 saturated carbocycles. The second-order valence-electron chi connectivity index (χ2n) is 9.52. The molecule has 0 radical (unpaired) electrons. The number of halogens is 3. The van der Waals surface area contributed by atoms with Gasteiger partial charge < -0.3 is 14.5 Å². The monoisotopic (exact) mass is 689 g/mol. The van der Waals surface area contributed by atoms with Crippen molar-refractivity contribution in [2.24, 2.45) is 5.10 Å². The lowest BCUT2D eigenvalue weighted by molar-refractivity contribution is -0.385. The average Bonchev–Trinajstić information content (AvgIpc) is 3.44. The summed E-state index contributed by atoms with van der Waals surface area (Å²) in [6.45, 7) is -0.693. The smallest absolute Gasteiger partial charge is 0.312 e. The number of carbonyl (C=O) groups is 1. The average molecular weight is 691 g/mol. The maximum absolute atomic E-state index is 14.0. The number of nitro groups is 1. The molecule has 2 heterocycles. The Labute approximate surface area is 265 Å². The predicted octanol–water partition coefficient (Wildman–Crippen LogP) is 7.17. The van der Waals surface area contributed by atoms with Gasteiger partial charge in [0.2, 0.25) is 11.6 Å². The molecule has 0 fully saturated rings. The van der Waals surface area contributed by atoms with Crippen LogP contribution in [0.15, 0.2) is 104 Å². The lowest BCUT2D eigenvalue weighted by atomic mass is 10.2. The molecule has 4 aromatic carbocycles. The summed E-state index contributed by atoms with van der Waals surface area (Å²) in [6.07, 6.45) is 1.17. The summed E-state index contributed by atoms with van der Waals surface area (Å²) < 4.78 is 26.9. The van der Waals surface area contributed by atoms with Crippen molar-refractivity contribution in [2.75, 3.05) is 11.9 Å². The number of nitrogens with zero attached hydrogens (tertiary/aromatic N) is 4. The second kappa shape index (κ2) is 12.3. The number of rotatable bonds is 8. The van der Waals surface area contributed by atoms with Gasteiger partial charge in [-0.15, -0.1) is 0 Å². The van der Waals surface area contributed by atoms with Gasteiger partial charge in [0, 0.05) is 26.5 Å². The Morgan fingerprint density at radius 1 is 1.13 bits per heavy atom. The molecule has 14 heteroatoms. The minimum absolute atomic E-state index is 0.0529. The zero-order valence-corrected chi connectivity index (χ0v) is 25.1. The molecule has 0 saturated heterocycles. The number of nitrogens with one attached hydrogen (secondary N) is 1. The van der Waals surface area contributed by atoms with Gasteiger partial charge in [-0.25, -0.2) is 9.37 Å². The molecule has 6 rings (SSSR count). The molecule has 45 heavy (non-hydrogen) atoms. The molecule has 0 atom stereocenters. The Hall–Kier alpha value is -5.40. The summed E-state index contributed by atoms with van der Waals surface area (Å²) in [7, 11) is 0. The van der Waals surface area contributed by atoms with Gasteiger partial charge in [0.15, 0.2) is 12.4 Å². The molecule has 0 aliphatic rings. The molecule has 0 aliphatic heterocycles. The van der Waals surface area contributed by atoms with Crippen LogP contribution in [-0.4, -0.2) is 33.3 Å². The number of nitro benzene ring substituents is 1. The van der Waals surface area contributed by atoms with Crippen LogP contribution in [0.25, 0.3) is 33.5 Å². The van der Waals surface area contributed by atoms with Crippen molar-refractivity contribution in [3.63, 3.8) is 0 Å². The molecule has 6 aromatic rings. The number of carbonyl (C=O) groups excluding carboxylic acids is 1. The fourth-order valence-electron chi connectivity index (χ4n) is 4.51. The SMILES string of the molecule is O=C(COc1c(C=Nn2c(-c3cc4cc(Cl)ccc4o3)nc3ccccc3c2=O)cc(Br)cc1[N+](=O)[O-])Nc1ccccc1F. The van der Waals surface area contributed by atoms with Crippen molar-refractivity contribution >= 4 is 72.9 Å². The lowest BCUT2D eigenvalue weighted by Crippen LogP contribution is -2.22. The maximum Gasteiger partial charge on any atom is 0.312 e. The van der Waals surface area contributed by atoms with Crippen LogP contribution in [0.3, 0.4) is 0 Å². The van der Waals surface area contributed by atoms with Crippen molar-refractivity contribution < 1.29 is 23.3 Å². The molecule has 11 nitrogen and oxygen atoms in total. The summed E-state index contributed by atoms with van der Waals surface area (Å²) in [4.78, 5) is 42.1. The van der Waals surface area contributed by atoms with E-state index >= 15 is 0 Å². The van der Waals surface area contributed by atoms with E-state index in [1.165, 1.54) is 42.6 Å². The largest absolute Gasteiger partial charge is 0.476 e. The van der Waals surface area contributed by atoms with E-state index in [1.807, 2.05) is 0 Å². The van der Waals surface area contributed by atoms with E-state index in [9.17, 15) is 24.1 Å². The predicted molar refractivity (Wildman–Crippen MR) is 171 cm³/mol. The first kappa shape index (κ1) is 29.7. The summed E-state index contributed by atoms with van der Waals surface area (Å²) in [6, 6.07) is 21.6. The van der Waals surface area contributed by atoms with Crippen LogP contribution in [0.2, 0.25) is 5.02 Å². The van der Waals surface area contributed by atoms with Gasteiger partial charge in [-0.1, -0.05) is 51.8 Å². The van der Waals surface area contributed by atoms with Crippen molar-refractivity contribution in [3.05, 3.63) is 126 Å². The van der Waals surface area contributed by atoms with Gasteiger partial charge in [-0.3, -0.25) is 19.7 Å². The van der Waals surface area contributed by atoms with E-state index in [0.717, 1.165) is 4.68 Å². The van der Waals surface area contributed by atoms with Crippen molar-refractivity contribution in [2.45, 2.75) is 0 Å². The maximum atomic E-state index is 14.0. The van der Waals surface area contributed by atoms with Gasteiger partial charge in [0.05, 0.1) is 27.7 Å². The molecule has 2 aromatic heterocycles. The summed E-state index contributed by atoms with van der Waals surface area (Å²) in [5.41, 5.74) is -0.159. The normalized spacial score (nSPS) is 11.4. The standard InChI is InChI=1S/C31H18BrClFN5O6/c32-19-11-18(29(25(14-19)39(42)43)44-16-28(40)36-24-8-4-2-6-22(24)34)15-35-38-30(37-23-7-3-1-5-21(23)31(38)41)27-13-17-12-20(33)9-10-26(17)45-27/h1-15H,16H2,(H,36,40). The highest BCUT2D eigenvalue weighted by molar-refractivity contribution is 9.10. The minimum atomic E-state index is -0.762. The molecule has 1 N–H and O–H groups in total. The van der Waals surface area contributed by atoms with Crippen molar-refractivity contribution in [1.82, 2.24) is 9.66 Å². The highest BCUT2D eigenvalue weighted by Gasteiger charge is 2.23. The summed E-state index contributed by atoms with van der Waals surface area (Å²) in [5, 5.41) is 20.1. The van der Waals surface area contributed by atoms with E-state index in [2.05, 4.69) is 31.3 Å². The molecule has 0 bridgehead atoms. The number of ether oxygens (including phenoxy) is 1. The third-order valence-corrected chi connectivity index (χ3v) is 7.21. The van der Waals surface area contributed by atoms with Crippen LogP contribution in [-0.2, 0) is 4.79 Å². The quantitative estimate of drug-likeness (QED) is 0.101. The molecule has 0 spiro atoms. The van der Waals surface area contributed by atoms with E-state index in [-0.39, 0.29) is 34.0 Å². The Kier molecular flexibility index (Phi) is 8.11. The Morgan fingerprint density at radius 3 is 2.71 bits per heavy atom. The minimum Gasteiger partial charge on any atom is -0.476 e. The van der Waals surface area contributed by atoms with E-state index < -0.39 is 34.5 Å². The van der Waals surface area contributed by atoms with Crippen LogP contribution in [0.1, 0.15) is 5.56 Å². The third-order valence-electron chi connectivity index (χ3n) is 6.52. The van der Waals surface area contributed by atoms with Gasteiger partial charge in [-0.2, -0.15) is 9.78 Å². The zero-order chi connectivity index (χ0) is 31.7. The van der Waals surface area contributed by atoms with Crippen LogP contribution in [0.4, 0.5) is 15.8 Å². The summed E-state index contributed by atoms with van der Waals surface area (Å²) in [5.74, 6) is -1.46. The molecule has 0 aliphatic carbocycles. The van der Waals surface area contributed by atoms with Crippen molar-refractivity contribution in [3.8, 4) is 17.3 Å². The Morgan fingerprint density at radius 2 is 1.91 bits per heavy atom. The number of para-hydroxylation sites is 2. The number of hydrogen-bond donors (Lipinski definition) is 1. The lowest BCUT2D eigenvalue weighted by Gasteiger charge is -2.11. The zero-order valence-electron chi connectivity index (χ0n) is 22.7. The topological polar surface area (TPSA) is 142 Å². The molecular weight excluding hydrogens is 673 g/mol. The highest BCUT2D eigenvalue weighted by atomic mass is 79.9. The molecule has 1 amide bonds. The third kappa shape index (κ3) is 6.16. The number of aromatic nitrogens is 2. The van der Waals surface area contributed by atoms with Gasteiger partial charge in [-0.05, 0) is 54.6 Å². The number of hydrogen-bond acceptors (Lipinski definition) is 8. The van der Waals surface area contributed by atoms with E-state index in [1.54, 1.807) is 48.5 Å². The number of anilines is 1. The van der Waals surface area contributed by atoms with E-state index in [0.29, 0.717) is 26.0 Å². The fraction of sp³-hybridized carbons (Fsp3) is 0.0323. The fourth-order valence-corrected chi connectivity index (χ4v) is 5.15. The first-order valence-corrected chi connectivity index (χ1v) is 14.3. The molecular formula is C31H18BrClFN5O6. The second-order valence-corrected chi connectivity index (χ2v) is 10.9. The van der Waals surface area contributed by atoms with Crippen LogP contribution < -0.4 is 15.6 Å². The number of furan rings is 1. The van der Waals surface area contributed by atoms with Crippen molar-refractivity contribution in [1.29, 1.82) is 0 Å². The number of amides is 1. The summed E-state index contributed by atoms with van der Waals surface area (Å²) >= 11 is 9.39. The Bertz CT molecular complexity index is 2230. The first-order chi connectivity index (χ1) is 21.7. The van der Waals surface area contributed by atoms with E-state index in [4.69, 9.17) is 20.8 Å². The number of benzene rings is 4. The first-order valence-electron chi connectivity index (χ1n) is 13.1. The molecule has 224 valence electrons. The molecule has 0 unspecified atom stereocenters. The van der Waals surface area contributed by atoms with Crippen LogP contribution in [0, 0.1) is 15.9 Å². The van der Waals surface area contributed by atoms with Gasteiger partial charge in [0.1, 0.15) is 11.4 Å². The van der Waals surface area contributed by atoms with Gasteiger partial charge in [0.25, 0.3) is 11.5 Å².